The van der Waals surface area contributed by atoms with Crippen LogP contribution >= 0.6 is 11.3 Å². The van der Waals surface area contributed by atoms with Gasteiger partial charge in [0.1, 0.15) is 5.01 Å². The summed E-state index contributed by atoms with van der Waals surface area (Å²) in [7, 11) is -3.42. The first-order valence-corrected chi connectivity index (χ1v) is 10.1. The van der Waals surface area contributed by atoms with Crippen LogP contribution in [0.1, 0.15) is 44.0 Å². The van der Waals surface area contributed by atoms with Crippen molar-refractivity contribution < 1.29 is 13.2 Å². The summed E-state index contributed by atoms with van der Waals surface area (Å²) >= 11 is 1.36. The molecule has 0 aliphatic heterocycles. The Hall–Kier alpha value is -1.06. The minimum Gasteiger partial charge on any atom is -0.299 e. The normalized spacial score (nSPS) is 18.1. The van der Waals surface area contributed by atoms with Gasteiger partial charge in [-0.05, 0) is 12.8 Å². The van der Waals surface area contributed by atoms with Crippen LogP contribution in [0.4, 0.5) is 5.13 Å². The minimum absolute atomic E-state index is 0.415. The van der Waals surface area contributed by atoms with Crippen LogP contribution in [0.15, 0.2) is 0 Å². The fraction of sp³-hybridized carbons (Fsp3) is 0.769. The van der Waals surface area contributed by atoms with Gasteiger partial charge in [0.25, 0.3) is 0 Å². The lowest BCUT2D eigenvalue weighted by atomic mass is 9.87. The predicted octanol–water partition coefficient (Wildman–Crippen LogP) is 1.54. The van der Waals surface area contributed by atoms with E-state index in [4.69, 9.17) is 0 Å². The quantitative estimate of drug-likeness (QED) is 0.813. The van der Waals surface area contributed by atoms with Crippen molar-refractivity contribution in [3.8, 4) is 0 Å². The van der Waals surface area contributed by atoms with E-state index < -0.39 is 22.0 Å². The van der Waals surface area contributed by atoms with Gasteiger partial charge in [0.15, 0.2) is 0 Å². The summed E-state index contributed by atoms with van der Waals surface area (Å²) in [4.78, 5) is 11.9. The number of amides is 1. The number of hydrogen-bond acceptors (Lipinski definition) is 6. The van der Waals surface area contributed by atoms with Crippen LogP contribution in [-0.2, 0) is 21.2 Å². The molecule has 1 fully saturated rings. The number of carbonyl (C=O) groups excluding carboxylic acids is 1. The van der Waals surface area contributed by atoms with E-state index in [9.17, 15) is 13.2 Å². The van der Waals surface area contributed by atoms with E-state index in [-0.39, 0.29) is 0 Å². The summed E-state index contributed by atoms with van der Waals surface area (Å²) in [6, 6.07) is -0.847. The molecule has 1 aromatic heterocycles. The molecule has 0 radical (unpaired) electrons. The summed E-state index contributed by atoms with van der Waals surface area (Å²) in [5.74, 6) is 0.224. The van der Waals surface area contributed by atoms with E-state index in [0.717, 1.165) is 17.7 Å². The Kier molecular flexibility index (Phi) is 5.87. The molecule has 1 aromatic rings. The summed E-state index contributed by atoms with van der Waals surface area (Å²) in [5.41, 5.74) is 0. The second-order valence-corrected chi connectivity index (χ2v) is 8.65. The topological polar surface area (TPSA) is 101 Å². The van der Waals surface area contributed by atoms with Crippen LogP contribution in [0.2, 0.25) is 0 Å². The summed E-state index contributed by atoms with van der Waals surface area (Å²) in [6.07, 6.45) is 8.27. The van der Waals surface area contributed by atoms with Crippen LogP contribution in [0.25, 0.3) is 0 Å². The number of sulfonamides is 1. The molecule has 0 bridgehead atoms. The molecule has 1 heterocycles. The van der Waals surface area contributed by atoms with Crippen molar-refractivity contribution in [3.63, 3.8) is 0 Å². The van der Waals surface area contributed by atoms with Crippen molar-refractivity contribution in [1.29, 1.82) is 0 Å². The molecule has 1 saturated carbocycles. The van der Waals surface area contributed by atoms with Gasteiger partial charge < -0.3 is 0 Å². The van der Waals surface area contributed by atoms with Gasteiger partial charge in [-0.25, -0.2) is 13.1 Å². The van der Waals surface area contributed by atoms with Crippen molar-refractivity contribution in [1.82, 2.24) is 14.9 Å². The number of hydrogen-bond donors (Lipinski definition) is 2. The Morgan fingerprint density at radius 1 is 1.32 bits per heavy atom. The highest BCUT2D eigenvalue weighted by molar-refractivity contribution is 7.88. The van der Waals surface area contributed by atoms with E-state index in [1.807, 2.05) is 0 Å². The van der Waals surface area contributed by atoms with Gasteiger partial charge in [-0.2, -0.15) is 0 Å². The van der Waals surface area contributed by atoms with Gasteiger partial charge >= 0.3 is 0 Å². The third kappa shape index (κ3) is 5.62. The summed E-state index contributed by atoms with van der Waals surface area (Å²) in [6.45, 7) is 1.49. The lowest BCUT2D eigenvalue weighted by Gasteiger charge is -2.19. The van der Waals surface area contributed by atoms with Crippen molar-refractivity contribution >= 4 is 32.4 Å². The van der Waals surface area contributed by atoms with Gasteiger partial charge in [0, 0.05) is 6.42 Å². The largest absolute Gasteiger partial charge is 0.299 e. The van der Waals surface area contributed by atoms with E-state index in [2.05, 4.69) is 20.2 Å². The fourth-order valence-corrected chi connectivity index (χ4v) is 4.22. The number of nitrogens with one attached hydrogen (secondary N) is 2. The zero-order chi connectivity index (χ0) is 16.2. The highest BCUT2D eigenvalue weighted by Crippen LogP contribution is 2.28. The van der Waals surface area contributed by atoms with Crippen LogP contribution in [0, 0.1) is 5.92 Å². The maximum atomic E-state index is 11.9. The fourth-order valence-electron chi connectivity index (χ4n) is 2.61. The molecule has 1 amide bonds. The van der Waals surface area contributed by atoms with Gasteiger partial charge in [0.2, 0.25) is 21.1 Å². The Morgan fingerprint density at radius 3 is 2.64 bits per heavy atom. The molecule has 22 heavy (non-hydrogen) atoms. The smallest absolute Gasteiger partial charge is 0.244 e. The number of carbonyl (C=O) groups is 1. The predicted molar refractivity (Wildman–Crippen MR) is 86.3 cm³/mol. The summed E-state index contributed by atoms with van der Waals surface area (Å²) < 4.78 is 24.4. The molecule has 0 aromatic carbocycles. The van der Waals surface area contributed by atoms with Crippen LogP contribution in [0.5, 0.6) is 0 Å². The highest BCUT2D eigenvalue weighted by Gasteiger charge is 2.20. The first kappa shape index (κ1) is 17.3. The highest BCUT2D eigenvalue weighted by atomic mass is 32.2. The van der Waals surface area contributed by atoms with Crippen molar-refractivity contribution in [2.45, 2.75) is 51.5 Å². The second-order valence-electron chi connectivity index (χ2n) is 5.81. The number of anilines is 1. The summed E-state index contributed by atoms with van der Waals surface area (Å²) in [5, 5.41) is 12.0. The molecule has 0 spiro atoms. The van der Waals surface area contributed by atoms with Crippen molar-refractivity contribution in [3.05, 3.63) is 5.01 Å². The van der Waals surface area contributed by atoms with Gasteiger partial charge in [-0.1, -0.05) is 43.4 Å². The molecule has 124 valence electrons. The molecule has 0 saturated heterocycles. The average molecular weight is 346 g/mol. The third-order valence-corrected chi connectivity index (χ3v) is 5.31. The molecular weight excluding hydrogens is 324 g/mol. The van der Waals surface area contributed by atoms with Crippen LogP contribution in [-0.4, -0.2) is 36.8 Å². The van der Waals surface area contributed by atoms with Crippen molar-refractivity contribution in [2.75, 3.05) is 11.6 Å². The number of nitrogens with zero attached hydrogens (tertiary/aromatic N) is 2. The molecule has 1 atom stereocenters. The molecule has 0 unspecified atom stereocenters. The Bertz CT molecular complexity index is 609. The maximum Gasteiger partial charge on any atom is 0.244 e. The average Bonchev–Trinajstić information content (AvgIpc) is 2.85. The van der Waals surface area contributed by atoms with Crippen LogP contribution in [0.3, 0.4) is 0 Å². The van der Waals surface area contributed by atoms with Crippen molar-refractivity contribution in [2.24, 2.45) is 5.92 Å². The maximum absolute atomic E-state index is 11.9. The van der Waals surface area contributed by atoms with E-state index in [0.29, 0.717) is 11.0 Å². The van der Waals surface area contributed by atoms with Crippen LogP contribution < -0.4 is 10.0 Å². The van der Waals surface area contributed by atoms with Gasteiger partial charge in [-0.15, -0.1) is 10.2 Å². The first-order chi connectivity index (χ1) is 10.3. The Morgan fingerprint density at radius 2 is 2.00 bits per heavy atom. The van der Waals surface area contributed by atoms with E-state index >= 15 is 0 Å². The third-order valence-electron chi connectivity index (χ3n) is 3.67. The molecule has 1 aliphatic rings. The lowest BCUT2D eigenvalue weighted by molar-refractivity contribution is -0.117. The molecule has 2 rings (SSSR count). The first-order valence-electron chi connectivity index (χ1n) is 7.44. The zero-order valence-corrected chi connectivity index (χ0v) is 14.5. The molecule has 2 N–H and O–H groups in total. The monoisotopic (exact) mass is 346 g/mol. The van der Waals surface area contributed by atoms with Gasteiger partial charge in [-0.3, -0.25) is 10.1 Å². The zero-order valence-electron chi connectivity index (χ0n) is 12.8. The molecule has 1 aliphatic carbocycles. The molecular formula is C13H22N4O3S2. The van der Waals surface area contributed by atoms with E-state index in [1.54, 1.807) is 0 Å². The van der Waals surface area contributed by atoms with E-state index in [1.165, 1.54) is 50.4 Å². The molecule has 9 heteroatoms. The van der Waals surface area contributed by atoms with Gasteiger partial charge in [0.05, 0.1) is 12.3 Å². The SMILES string of the molecule is C[C@@H](NS(C)(=O)=O)C(=O)Nc1nnc(CC2CCCCC2)s1. The second kappa shape index (κ2) is 7.47. The minimum atomic E-state index is -3.42. The molecule has 7 nitrogen and oxygen atoms in total. The number of rotatable bonds is 6. The Balaban J connectivity index is 1.87. The number of aromatic nitrogens is 2. The lowest BCUT2D eigenvalue weighted by Crippen LogP contribution is -2.40. The standard InChI is InChI=1S/C13H22N4O3S2/c1-9(17-22(2,19)20)12(18)14-13-16-15-11(21-13)8-10-6-4-3-5-7-10/h9-10,17H,3-8H2,1-2H3,(H,14,16,18)/t9-/m1/s1. The Labute approximate surface area is 135 Å².